The van der Waals surface area contributed by atoms with Crippen LogP contribution in [0.5, 0.6) is 0 Å². The summed E-state index contributed by atoms with van der Waals surface area (Å²) >= 11 is 7.45. The van der Waals surface area contributed by atoms with E-state index in [4.69, 9.17) is 11.6 Å². The molecule has 3 rings (SSSR count). The Morgan fingerprint density at radius 1 is 1.08 bits per heavy atom. The van der Waals surface area contributed by atoms with Crippen LogP contribution >= 0.6 is 23.4 Å². The van der Waals surface area contributed by atoms with Crippen molar-refractivity contribution in [1.82, 2.24) is 24.4 Å². The van der Waals surface area contributed by atoms with Gasteiger partial charge in [0, 0.05) is 43.6 Å². The second kappa shape index (κ2) is 13.2. The Morgan fingerprint density at radius 2 is 1.78 bits per heavy atom. The van der Waals surface area contributed by atoms with Gasteiger partial charge in [-0.2, -0.15) is 4.31 Å². The van der Waals surface area contributed by atoms with E-state index in [0.29, 0.717) is 54.0 Å². The van der Waals surface area contributed by atoms with E-state index in [9.17, 15) is 18.0 Å². The van der Waals surface area contributed by atoms with E-state index in [1.54, 1.807) is 26.0 Å². The van der Waals surface area contributed by atoms with Crippen molar-refractivity contribution < 1.29 is 18.0 Å². The van der Waals surface area contributed by atoms with E-state index in [2.05, 4.69) is 15.5 Å². The lowest BCUT2D eigenvalue weighted by molar-refractivity contribution is -0.118. The Balaban J connectivity index is 1.76. The number of ketones is 1. The zero-order chi connectivity index (χ0) is 27.0. The quantitative estimate of drug-likeness (QED) is 0.190. The fourth-order valence-corrected chi connectivity index (χ4v) is 6.19. The minimum atomic E-state index is -3.59. The van der Waals surface area contributed by atoms with Gasteiger partial charge < -0.3 is 5.32 Å². The second-order valence-electron chi connectivity index (χ2n) is 8.13. The molecular weight excluding hydrogens is 534 g/mol. The van der Waals surface area contributed by atoms with Crippen molar-refractivity contribution in [2.45, 2.75) is 43.7 Å². The third kappa shape index (κ3) is 7.41. The van der Waals surface area contributed by atoms with Crippen molar-refractivity contribution in [1.29, 1.82) is 0 Å². The molecule has 0 radical (unpaired) electrons. The van der Waals surface area contributed by atoms with Crippen molar-refractivity contribution in [2.24, 2.45) is 0 Å². The SMILES string of the molecule is CCN(CC)S(=O)(=O)c1ccc(C(=O)CSc2nnc(CCCNC(C)=O)n2-c2cccc(Cl)c2)cc1. The molecule has 0 aliphatic rings. The maximum atomic E-state index is 12.9. The molecule has 9 nitrogen and oxygen atoms in total. The fourth-order valence-electron chi connectivity index (χ4n) is 3.68. The first-order valence-corrected chi connectivity index (χ1v) is 14.7. The summed E-state index contributed by atoms with van der Waals surface area (Å²) in [7, 11) is -3.59. The number of halogens is 1. The van der Waals surface area contributed by atoms with Crippen molar-refractivity contribution in [3.05, 3.63) is 64.9 Å². The minimum Gasteiger partial charge on any atom is -0.356 e. The van der Waals surface area contributed by atoms with Crippen LogP contribution in [0.1, 0.15) is 43.4 Å². The highest BCUT2D eigenvalue weighted by Gasteiger charge is 2.22. The number of rotatable bonds is 13. The van der Waals surface area contributed by atoms with Gasteiger partial charge in [0.15, 0.2) is 10.9 Å². The number of aromatic nitrogens is 3. The van der Waals surface area contributed by atoms with Gasteiger partial charge in [-0.15, -0.1) is 10.2 Å². The van der Waals surface area contributed by atoms with Gasteiger partial charge in [-0.25, -0.2) is 8.42 Å². The number of nitrogens with zero attached hydrogens (tertiary/aromatic N) is 4. The monoisotopic (exact) mass is 563 g/mol. The van der Waals surface area contributed by atoms with Crippen LogP contribution in [0.4, 0.5) is 0 Å². The fraction of sp³-hybridized carbons (Fsp3) is 0.360. The summed E-state index contributed by atoms with van der Waals surface area (Å²) in [6.45, 7) is 6.30. The van der Waals surface area contributed by atoms with E-state index in [1.165, 1.54) is 47.3 Å². The smallest absolute Gasteiger partial charge is 0.243 e. The molecule has 0 spiro atoms. The third-order valence-corrected chi connectivity index (χ3v) is 8.80. The summed E-state index contributed by atoms with van der Waals surface area (Å²) in [5, 5.41) is 12.5. The molecule has 1 aromatic heterocycles. The molecule has 0 fully saturated rings. The molecule has 198 valence electrons. The van der Waals surface area contributed by atoms with E-state index in [0.717, 1.165) is 5.69 Å². The summed E-state index contributed by atoms with van der Waals surface area (Å²) in [5.74, 6) is 0.523. The maximum Gasteiger partial charge on any atom is 0.243 e. The van der Waals surface area contributed by atoms with Crippen molar-refractivity contribution >= 4 is 45.1 Å². The predicted molar refractivity (Wildman–Crippen MR) is 145 cm³/mol. The lowest BCUT2D eigenvalue weighted by atomic mass is 10.1. The number of hydrogen-bond acceptors (Lipinski definition) is 7. The van der Waals surface area contributed by atoms with Gasteiger partial charge in [-0.3, -0.25) is 14.2 Å². The van der Waals surface area contributed by atoms with Gasteiger partial charge in [0.25, 0.3) is 0 Å². The van der Waals surface area contributed by atoms with Crippen LogP contribution in [0.25, 0.3) is 5.69 Å². The van der Waals surface area contributed by atoms with Crippen LogP contribution < -0.4 is 5.32 Å². The van der Waals surface area contributed by atoms with Gasteiger partial charge in [-0.05, 0) is 36.8 Å². The number of thioether (sulfide) groups is 1. The van der Waals surface area contributed by atoms with Gasteiger partial charge in [0.2, 0.25) is 15.9 Å². The molecule has 0 bridgehead atoms. The maximum absolute atomic E-state index is 12.9. The van der Waals surface area contributed by atoms with Crippen LogP contribution in [0.3, 0.4) is 0 Å². The standard InChI is InChI=1S/C25H30ClN5O4S2/c1-4-30(5-2)37(34,35)22-13-11-19(12-14-22)23(33)17-36-25-29-28-24(10-7-15-27-18(3)32)31(25)21-9-6-8-20(26)16-21/h6,8-9,11-14,16H,4-5,7,10,15,17H2,1-3H3,(H,27,32). The normalized spacial score (nSPS) is 11.6. The van der Waals surface area contributed by atoms with E-state index in [1.807, 2.05) is 16.7 Å². The Morgan fingerprint density at radius 3 is 2.41 bits per heavy atom. The molecule has 2 aromatic carbocycles. The number of hydrogen-bond donors (Lipinski definition) is 1. The number of carbonyl (C=O) groups is 2. The summed E-state index contributed by atoms with van der Waals surface area (Å²) in [5.41, 5.74) is 1.18. The molecule has 0 aliphatic heterocycles. The summed E-state index contributed by atoms with van der Waals surface area (Å²) < 4.78 is 28.6. The zero-order valence-electron chi connectivity index (χ0n) is 21.0. The summed E-state index contributed by atoms with van der Waals surface area (Å²) in [4.78, 5) is 24.2. The highest BCUT2D eigenvalue weighted by Crippen LogP contribution is 2.26. The molecule has 1 amide bonds. The Bertz CT molecular complexity index is 1340. The molecule has 12 heteroatoms. The van der Waals surface area contributed by atoms with Crippen molar-refractivity contribution in [3.8, 4) is 5.69 Å². The van der Waals surface area contributed by atoms with Crippen LogP contribution in [0.15, 0.2) is 58.6 Å². The van der Waals surface area contributed by atoms with Crippen molar-refractivity contribution in [3.63, 3.8) is 0 Å². The van der Waals surface area contributed by atoms with Gasteiger partial charge >= 0.3 is 0 Å². The van der Waals surface area contributed by atoms with E-state index >= 15 is 0 Å². The lowest BCUT2D eigenvalue weighted by Crippen LogP contribution is -2.30. The molecule has 0 saturated carbocycles. The highest BCUT2D eigenvalue weighted by atomic mass is 35.5. The largest absolute Gasteiger partial charge is 0.356 e. The Hall–Kier alpha value is -2.73. The van der Waals surface area contributed by atoms with Gasteiger partial charge in [0.1, 0.15) is 5.82 Å². The number of Topliss-reactive ketones (excluding diaryl/α,β-unsaturated/α-hetero) is 1. The van der Waals surface area contributed by atoms with E-state index < -0.39 is 10.0 Å². The first kappa shape index (κ1) is 28.8. The molecular formula is C25H30ClN5O4S2. The topological polar surface area (TPSA) is 114 Å². The van der Waals surface area contributed by atoms with Crippen LogP contribution in [0.2, 0.25) is 5.02 Å². The molecule has 0 atom stereocenters. The van der Waals surface area contributed by atoms with Crippen molar-refractivity contribution in [2.75, 3.05) is 25.4 Å². The Labute approximate surface area is 226 Å². The number of nitrogens with one attached hydrogen (secondary N) is 1. The molecule has 0 unspecified atom stereocenters. The highest BCUT2D eigenvalue weighted by molar-refractivity contribution is 7.99. The zero-order valence-corrected chi connectivity index (χ0v) is 23.4. The van der Waals surface area contributed by atoms with E-state index in [-0.39, 0.29) is 22.3 Å². The Kier molecular flexibility index (Phi) is 10.3. The lowest BCUT2D eigenvalue weighted by Gasteiger charge is -2.18. The molecule has 37 heavy (non-hydrogen) atoms. The van der Waals surface area contributed by atoms with Crippen LogP contribution in [-0.2, 0) is 21.2 Å². The van der Waals surface area contributed by atoms with Gasteiger partial charge in [0.05, 0.1) is 16.3 Å². The van der Waals surface area contributed by atoms with Gasteiger partial charge in [-0.1, -0.05) is 55.4 Å². The predicted octanol–water partition coefficient (Wildman–Crippen LogP) is 3.99. The van der Waals surface area contributed by atoms with Crippen LogP contribution in [0, 0.1) is 0 Å². The average molecular weight is 564 g/mol. The van der Waals surface area contributed by atoms with Crippen LogP contribution in [-0.4, -0.2) is 64.6 Å². The number of benzene rings is 2. The number of aryl methyl sites for hydroxylation is 1. The second-order valence-corrected chi connectivity index (χ2v) is 11.4. The molecule has 0 aliphatic carbocycles. The molecule has 0 saturated heterocycles. The number of amides is 1. The number of sulfonamides is 1. The first-order valence-electron chi connectivity index (χ1n) is 11.9. The first-order chi connectivity index (χ1) is 17.7. The number of carbonyl (C=O) groups excluding carboxylic acids is 2. The average Bonchev–Trinajstić information content (AvgIpc) is 3.28. The molecule has 1 N–H and O–H groups in total. The summed E-state index contributed by atoms with van der Waals surface area (Å²) in [6.07, 6.45) is 1.24. The minimum absolute atomic E-state index is 0.0900. The molecule has 3 aromatic rings. The third-order valence-electron chi connectivity index (χ3n) is 5.57. The summed E-state index contributed by atoms with van der Waals surface area (Å²) in [6, 6.07) is 13.3. The molecule has 1 heterocycles.